The molecule has 5 heteroatoms. The van der Waals surface area contributed by atoms with Gasteiger partial charge in [-0.25, -0.2) is 0 Å². The van der Waals surface area contributed by atoms with Gasteiger partial charge in [-0.05, 0) is 31.8 Å². The minimum absolute atomic E-state index is 0.360. The maximum Gasteiger partial charge on any atom is 0.118 e. The number of nitrogens with one attached hydrogen (secondary N) is 3. The number of likely N-dealkylation sites (N-methyl/N-ethyl adjacent to an activating group) is 2. The zero-order chi connectivity index (χ0) is 15.8. The number of hydrogen-bond acceptors (Lipinski definition) is 5. The van der Waals surface area contributed by atoms with E-state index in [0.717, 1.165) is 31.9 Å². The van der Waals surface area contributed by atoms with E-state index in [-0.39, 0.29) is 0 Å². The largest absolute Gasteiger partial charge is 0.497 e. The highest BCUT2D eigenvalue weighted by Gasteiger charge is 2.25. The Balaban J connectivity index is 1.88. The van der Waals surface area contributed by atoms with Crippen molar-refractivity contribution in [2.24, 2.45) is 5.92 Å². The molecule has 0 aliphatic carbocycles. The lowest BCUT2D eigenvalue weighted by molar-refractivity contribution is 0.281. The van der Waals surface area contributed by atoms with Crippen LogP contribution in [0.2, 0.25) is 0 Å². The Kier molecular flexibility index (Phi) is 6.86. The molecule has 0 amide bonds. The number of hydrazine groups is 1. The zero-order valence-electron chi connectivity index (χ0n) is 13.8. The summed E-state index contributed by atoms with van der Waals surface area (Å²) in [5.41, 5.74) is 7.82. The van der Waals surface area contributed by atoms with E-state index < -0.39 is 0 Å². The van der Waals surface area contributed by atoms with Crippen LogP contribution >= 0.6 is 0 Å². The third kappa shape index (κ3) is 5.10. The summed E-state index contributed by atoms with van der Waals surface area (Å²) in [7, 11) is 5.86. The van der Waals surface area contributed by atoms with Gasteiger partial charge in [0.05, 0.1) is 7.11 Å². The van der Waals surface area contributed by atoms with E-state index in [1.165, 1.54) is 5.56 Å². The standard InChI is InChI=1S/C17H28N4O/c1-18-10-11-21(2)13-15-12-19-20-17(15)9-6-14-4-7-16(22-3)8-5-14/h4-9,15,17-20H,10-13H2,1-3H3/b9-6+. The Hall–Kier alpha value is -1.40. The molecule has 2 atom stereocenters. The minimum Gasteiger partial charge on any atom is -0.497 e. The second-order valence-corrected chi connectivity index (χ2v) is 5.81. The summed E-state index contributed by atoms with van der Waals surface area (Å²) in [5, 5.41) is 3.19. The molecule has 3 N–H and O–H groups in total. The number of nitrogens with zero attached hydrogens (tertiary/aromatic N) is 1. The Morgan fingerprint density at radius 2 is 2.14 bits per heavy atom. The van der Waals surface area contributed by atoms with Gasteiger partial charge in [-0.15, -0.1) is 0 Å². The smallest absolute Gasteiger partial charge is 0.118 e. The van der Waals surface area contributed by atoms with E-state index in [4.69, 9.17) is 4.74 Å². The van der Waals surface area contributed by atoms with Crippen molar-refractivity contribution in [2.45, 2.75) is 6.04 Å². The predicted octanol–water partition coefficient (Wildman–Crippen LogP) is 0.952. The van der Waals surface area contributed by atoms with Gasteiger partial charge in [0, 0.05) is 38.1 Å². The Labute approximate surface area is 133 Å². The summed E-state index contributed by atoms with van der Waals surface area (Å²) in [4.78, 5) is 2.38. The lowest BCUT2D eigenvalue weighted by Crippen LogP contribution is -2.36. The lowest BCUT2D eigenvalue weighted by atomic mass is 10.00. The van der Waals surface area contributed by atoms with Crippen molar-refractivity contribution in [2.75, 3.05) is 47.4 Å². The fraction of sp³-hybridized carbons (Fsp3) is 0.529. The lowest BCUT2D eigenvalue weighted by Gasteiger charge is -2.22. The average Bonchev–Trinajstić information content (AvgIpc) is 2.98. The van der Waals surface area contributed by atoms with Gasteiger partial charge in [-0.3, -0.25) is 10.9 Å². The summed E-state index contributed by atoms with van der Waals surface area (Å²) in [6.07, 6.45) is 4.42. The van der Waals surface area contributed by atoms with Gasteiger partial charge in [0.2, 0.25) is 0 Å². The minimum atomic E-state index is 0.360. The Bertz CT molecular complexity index is 460. The van der Waals surface area contributed by atoms with Crippen LogP contribution in [0.3, 0.4) is 0 Å². The van der Waals surface area contributed by atoms with Crippen molar-refractivity contribution in [3.8, 4) is 5.75 Å². The van der Waals surface area contributed by atoms with Crippen molar-refractivity contribution in [1.82, 2.24) is 21.1 Å². The summed E-state index contributed by atoms with van der Waals surface area (Å²) in [5.74, 6) is 1.47. The van der Waals surface area contributed by atoms with Crippen LogP contribution in [0.4, 0.5) is 0 Å². The van der Waals surface area contributed by atoms with Crippen LogP contribution in [-0.2, 0) is 0 Å². The zero-order valence-corrected chi connectivity index (χ0v) is 13.8. The molecule has 0 radical (unpaired) electrons. The molecule has 0 aromatic heterocycles. The maximum absolute atomic E-state index is 5.18. The summed E-state index contributed by atoms with van der Waals surface area (Å²) < 4.78 is 5.18. The van der Waals surface area contributed by atoms with Gasteiger partial charge >= 0.3 is 0 Å². The van der Waals surface area contributed by atoms with Crippen LogP contribution in [0.25, 0.3) is 6.08 Å². The third-order valence-electron chi connectivity index (χ3n) is 4.04. The topological polar surface area (TPSA) is 48.6 Å². The van der Waals surface area contributed by atoms with Crippen LogP contribution in [0.1, 0.15) is 5.56 Å². The van der Waals surface area contributed by atoms with Gasteiger partial charge in [0.15, 0.2) is 0 Å². The quantitative estimate of drug-likeness (QED) is 0.668. The van der Waals surface area contributed by atoms with Crippen LogP contribution in [-0.4, -0.2) is 58.3 Å². The molecule has 0 spiro atoms. The second kappa shape index (κ2) is 8.90. The highest BCUT2D eigenvalue weighted by molar-refractivity contribution is 5.51. The van der Waals surface area contributed by atoms with Gasteiger partial charge in [0.25, 0.3) is 0 Å². The van der Waals surface area contributed by atoms with Crippen LogP contribution in [0.15, 0.2) is 30.3 Å². The number of hydrogen-bond donors (Lipinski definition) is 3. The van der Waals surface area contributed by atoms with E-state index >= 15 is 0 Å². The molecule has 1 aliphatic heterocycles. The van der Waals surface area contributed by atoms with Crippen LogP contribution in [0, 0.1) is 5.92 Å². The van der Waals surface area contributed by atoms with E-state index in [1.807, 2.05) is 19.2 Å². The molecule has 1 heterocycles. The van der Waals surface area contributed by atoms with Crippen LogP contribution < -0.4 is 20.9 Å². The Morgan fingerprint density at radius 3 is 2.82 bits per heavy atom. The molecule has 1 aromatic carbocycles. The van der Waals surface area contributed by atoms with Crippen molar-refractivity contribution >= 4 is 6.08 Å². The Morgan fingerprint density at radius 1 is 1.36 bits per heavy atom. The summed E-state index contributed by atoms with van der Waals surface area (Å²) >= 11 is 0. The molecule has 2 unspecified atom stereocenters. The molecule has 1 aliphatic rings. The third-order valence-corrected chi connectivity index (χ3v) is 4.04. The first-order valence-electron chi connectivity index (χ1n) is 7.86. The predicted molar refractivity (Wildman–Crippen MR) is 91.9 cm³/mol. The molecule has 1 fully saturated rings. The number of rotatable bonds is 8. The van der Waals surface area contributed by atoms with Gasteiger partial charge in [-0.1, -0.05) is 24.3 Å². The van der Waals surface area contributed by atoms with Crippen molar-refractivity contribution in [1.29, 1.82) is 0 Å². The first kappa shape index (κ1) is 17.0. The molecule has 1 aromatic rings. The summed E-state index contributed by atoms with van der Waals surface area (Å²) in [6, 6.07) is 8.49. The van der Waals surface area contributed by atoms with Crippen molar-refractivity contribution < 1.29 is 4.74 Å². The fourth-order valence-corrected chi connectivity index (χ4v) is 2.66. The maximum atomic E-state index is 5.18. The SMILES string of the molecule is CNCCN(C)CC1CNNC1/C=C/c1ccc(OC)cc1. The second-order valence-electron chi connectivity index (χ2n) is 5.81. The molecule has 122 valence electrons. The molecule has 22 heavy (non-hydrogen) atoms. The van der Waals surface area contributed by atoms with Gasteiger partial charge in [-0.2, -0.15) is 0 Å². The van der Waals surface area contributed by atoms with Gasteiger partial charge < -0.3 is 15.0 Å². The normalized spacial score (nSPS) is 21.8. The van der Waals surface area contributed by atoms with E-state index in [2.05, 4.69) is 52.4 Å². The number of benzene rings is 1. The van der Waals surface area contributed by atoms with Gasteiger partial charge in [0.1, 0.15) is 5.75 Å². The fourth-order valence-electron chi connectivity index (χ4n) is 2.66. The first-order chi connectivity index (χ1) is 10.7. The summed E-state index contributed by atoms with van der Waals surface area (Å²) in [6.45, 7) is 4.18. The van der Waals surface area contributed by atoms with E-state index in [0.29, 0.717) is 12.0 Å². The number of ether oxygens (including phenoxy) is 1. The van der Waals surface area contributed by atoms with Crippen LogP contribution in [0.5, 0.6) is 5.75 Å². The molecule has 2 rings (SSSR count). The molecule has 0 bridgehead atoms. The molecular formula is C17H28N4O. The monoisotopic (exact) mass is 304 g/mol. The highest BCUT2D eigenvalue weighted by Crippen LogP contribution is 2.15. The van der Waals surface area contributed by atoms with E-state index in [9.17, 15) is 0 Å². The van der Waals surface area contributed by atoms with E-state index in [1.54, 1.807) is 7.11 Å². The average molecular weight is 304 g/mol. The first-order valence-corrected chi connectivity index (χ1v) is 7.86. The molecular weight excluding hydrogens is 276 g/mol. The molecule has 5 nitrogen and oxygen atoms in total. The molecule has 0 saturated carbocycles. The number of methoxy groups -OCH3 is 1. The highest BCUT2D eigenvalue weighted by atomic mass is 16.5. The molecule has 1 saturated heterocycles. The van der Waals surface area contributed by atoms with Crippen molar-refractivity contribution in [3.05, 3.63) is 35.9 Å². The van der Waals surface area contributed by atoms with Crippen molar-refractivity contribution in [3.63, 3.8) is 0 Å².